The number of anilines is 3. The van der Waals surface area contributed by atoms with Crippen LogP contribution in [0.4, 0.5) is 17.1 Å². The van der Waals surface area contributed by atoms with Crippen LogP contribution in [0.3, 0.4) is 0 Å². The summed E-state index contributed by atoms with van der Waals surface area (Å²) in [4.78, 5) is 0.970. The summed E-state index contributed by atoms with van der Waals surface area (Å²) < 4.78 is 112. The Morgan fingerprint density at radius 2 is 0.653 bits per heavy atom. The first-order chi connectivity index (χ1) is 29.3. The molecule has 0 saturated heterocycles. The van der Waals surface area contributed by atoms with Crippen molar-refractivity contribution in [3.8, 4) is 55.6 Å². The Morgan fingerprint density at radius 1 is 0.286 bits per heavy atom. The Morgan fingerprint density at radius 3 is 1.14 bits per heavy atom. The molecule has 0 aliphatic heterocycles. The lowest BCUT2D eigenvalue weighted by Gasteiger charge is -2.29. The predicted octanol–water partition coefficient (Wildman–Crippen LogP) is 13.5. The van der Waals surface area contributed by atoms with Crippen LogP contribution in [-0.2, 0) is 0 Å². The number of para-hydroxylation sites is 1. The minimum absolute atomic E-state index is 0.0312. The smallest absolute Gasteiger partial charge is 0.0645 e. The van der Waals surface area contributed by atoms with E-state index < -0.39 is 89.6 Å². The molecule has 0 atom stereocenters. The molecule has 0 aliphatic carbocycles. The maximum Gasteiger partial charge on any atom is 0.0645 e. The molecule has 0 aromatic heterocycles. The van der Waals surface area contributed by atoms with Crippen molar-refractivity contribution in [3.63, 3.8) is 0 Å². The summed E-state index contributed by atoms with van der Waals surface area (Å²) in [5.74, 6) is 0. The van der Waals surface area contributed by atoms with E-state index in [1.807, 2.05) is 54.6 Å². The van der Waals surface area contributed by atoms with Gasteiger partial charge in [0.2, 0.25) is 0 Å². The number of hydrogen-bond acceptors (Lipinski definition) is 1. The molecule has 0 bridgehead atoms. The van der Waals surface area contributed by atoms with Crippen LogP contribution in [-0.4, -0.2) is 0 Å². The van der Waals surface area contributed by atoms with E-state index in [0.717, 1.165) is 16.0 Å². The van der Waals surface area contributed by atoms with E-state index in [1.165, 1.54) is 0 Å². The van der Waals surface area contributed by atoms with Crippen molar-refractivity contribution in [1.29, 1.82) is 0 Å². The van der Waals surface area contributed by atoms with Crippen LogP contribution in [0, 0.1) is 0 Å². The first-order valence-electron chi connectivity index (χ1n) is 21.8. The van der Waals surface area contributed by atoms with Crippen molar-refractivity contribution in [2.45, 2.75) is 0 Å². The lowest BCUT2D eigenvalue weighted by molar-refractivity contribution is 1.28. The third-order valence-electron chi connectivity index (χ3n) is 8.19. The van der Waals surface area contributed by atoms with Gasteiger partial charge in [0, 0.05) is 16.9 Å². The zero-order valence-electron chi connectivity index (χ0n) is 38.2. The molecule has 1 heteroatoms. The van der Waals surface area contributed by atoms with Gasteiger partial charge in [0.15, 0.2) is 0 Å². The van der Waals surface area contributed by atoms with Crippen LogP contribution in [0.15, 0.2) is 212 Å². The molecule has 49 heavy (non-hydrogen) atoms. The van der Waals surface area contributed by atoms with Crippen LogP contribution >= 0.6 is 0 Å². The van der Waals surface area contributed by atoms with Gasteiger partial charge in [-0.3, -0.25) is 0 Å². The van der Waals surface area contributed by atoms with Crippen LogP contribution in [0.1, 0.15) is 16.4 Å². The van der Waals surface area contributed by atoms with Gasteiger partial charge in [0.1, 0.15) is 0 Å². The van der Waals surface area contributed by atoms with Crippen molar-refractivity contribution in [2.75, 3.05) is 4.90 Å². The maximum absolute atomic E-state index is 9.59. The van der Waals surface area contributed by atoms with Crippen molar-refractivity contribution < 1.29 is 16.4 Å². The Labute approximate surface area is 305 Å². The van der Waals surface area contributed by atoms with E-state index >= 15 is 0 Å². The molecule has 0 N–H and O–H groups in total. The maximum atomic E-state index is 9.59. The highest BCUT2D eigenvalue weighted by Crippen LogP contribution is 2.45. The zero-order valence-corrected chi connectivity index (χ0v) is 26.2. The standard InChI is InChI=1S/C48H35N/c1-4-16-36(17-5-1)38-28-32-41(33-29-38)49(42-34-30-39(31-35-42)37-18-6-2-7-19-37)48-27-15-14-26-47(48)46-25-13-12-24-45(46)44-23-11-10-22-43(44)40-20-8-3-9-21-40/h1-35H/i14D,15D,26D,27D,28D,29D,30D,31D,32D,33D,34D,35D. The molecular formula is C48H35N. The monoisotopic (exact) mass is 637 g/mol. The Balaban J connectivity index is 1.54. The average molecular weight is 638 g/mol. The first kappa shape index (κ1) is 19.4. The molecule has 8 rings (SSSR count). The van der Waals surface area contributed by atoms with Gasteiger partial charge >= 0.3 is 0 Å². The number of benzene rings is 8. The summed E-state index contributed by atoms with van der Waals surface area (Å²) in [6, 6.07) is 34.0. The fourth-order valence-electron chi connectivity index (χ4n) is 5.86. The van der Waals surface area contributed by atoms with E-state index in [1.54, 1.807) is 84.9 Å². The van der Waals surface area contributed by atoms with Gasteiger partial charge in [-0.2, -0.15) is 0 Å². The van der Waals surface area contributed by atoms with Crippen LogP contribution in [0.25, 0.3) is 55.6 Å². The summed E-state index contributed by atoms with van der Waals surface area (Å²) in [6.45, 7) is 0. The second kappa shape index (κ2) is 13.7. The first-order valence-corrected chi connectivity index (χ1v) is 15.8. The molecule has 8 aromatic rings. The molecule has 0 heterocycles. The molecule has 232 valence electrons. The fraction of sp³-hybridized carbons (Fsp3) is 0. The van der Waals surface area contributed by atoms with Crippen LogP contribution in [0.2, 0.25) is 0 Å². The Kier molecular flexibility index (Phi) is 5.44. The molecule has 1 nitrogen and oxygen atoms in total. The van der Waals surface area contributed by atoms with E-state index in [9.17, 15) is 13.7 Å². The van der Waals surface area contributed by atoms with Gasteiger partial charge in [-0.15, -0.1) is 0 Å². The second-order valence-corrected chi connectivity index (χ2v) is 11.2. The SMILES string of the molecule is [2H]c1c([2H])c([2H])c(N(c2c([2H])c([2H])c(-c3ccccc3)c([2H])c2[2H])c2c([2H])c([2H])c(-c3ccccc3)c([2H])c2[2H])c(-c2ccccc2-c2ccccc2-c2ccccc2)c1[2H]. The number of hydrogen-bond donors (Lipinski definition) is 0. The predicted molar refractivity (Wildman–Crippen MR) is 208 cm³/mol. The molecule has 0 saturated carbocycles. The highest BCUT2D eigenvalue weighted by molar-refractivity contribution is 5.97. The van der Waals surface area contributed by atoms with Gasteiger partial charge in [0.25, 0.3) is 0 Å². The lowest BCUT2D eigenvalue weighted by atomic mass is 9.88. The number of nitrogens with zero attached hydrogens (tertiary/aromatic N) is 1. The van der Waals surface area contributed by atoms with E-state index in [0.29, 0.717) is 27.8 Å². The molecular weight excluding hydrogens is 591 g/mol. The molecule has 0 spiro atoms. The Bertz CT molecular complexity index is 2830. The quantitative estimate of drug-likeness (QED) is 0.160. The van der Waals surface area contributed by atoms with Crippen LogP contribution in [0.5, 0.6) is 0 Å². The molecule has 0 unspecified atom stereocenters. The van der Waals surface area contributed by atoms with Gasteiger partial charge in [-0.25, -0.2) is 0 Å². The highest BCUT2D eigenvalue weighted by atomic mass is 15.1. The second-order valence-electron chi connectivity index (χ2n) is 11.2. The summed E-state index contributed by atoms with van der Waals surface area (Å²) in [5, 5.41) is 0. The summed E-state index contributed by atoms with van der Waals surface area (Å²) in [7, 11) is 0. The molecule has 0 aliphatic rings. The summed E-state index contributed by atoms with van der Waals surface area (Å²) in [6.07, 6.45) is 0. The van der Waals surface area contributed by atoms with E-state index in [2.05, 4.69) is 0 Å². The van der Waals surface area contributed by atoms with E-state index in [-0.39, 0.29) is 16.7 Å². The molecule has 0 amide bonds. The van der Waals surface area contributed by atoms with Crippen molar-refractivity contribution >= 4 is 17.1 Å². The van der Waals surface area contributed by atoms with Gasteiger partial charge < -0.3 is 4.90 Å². The molecule has 0 fully saturated rings. The van der Waals surface area contributed by atoms with Gasteiger partial charge in [-0.1, -0.05) is 182 Å². The third-order valence-corrected chi connectivity index (χ3v) is 8.19. The highest BCUT2D eigenvalue weighted by Gasteiger charge is 2.20. The molecule has 8 aromatic carbocycles. The normalized spacial score (nSPS) is 14.3. The fourth-order valence-corrected chi connectivity index (χ4v) is 5.86. The summed E-state index contributed by atoms with van der Waals surface area (Å²) in [5.41, 5.74) is 2.40. The number of rotatable bonds is 8. The third kappa shape index (κ3) is 6.18. The van der Waals surface area contributed by atoms with Crippen molar-refractivity contribution in [2.24, 2.45) is 0 Å². The van der Waals surface area contributed by atoms with Crippen molar-refractivity contribution in [3.05, 3.63) is 212 Å². The van der Waals surface area contributed by atoms with Gasteiger partial charge in [-0.05, 0) is 80.3 Å². The minimum Gasteiger partial charge on any atom is -0.310 e. The average Bonchev–Trinajstić information content (AvgIpc) is 3.29. The van der Waals surface area contributed by atoms with E-state index in [4.69, 9.17) is 2.74 Å². The van der Waals surface area contributed by atoms with Crippen molar-refractivity contribution in [1.82, 2.24) is 0 Å². The Hall–Kier alpha value is -6.44. The minimum atomic E-state index is -0.705. The topological polar surface area (TPSA) is 3.24 Å². The van der Waals surface area contributed by atoms with Gasteiger partial charge in [0.05, 0.1) is 22.1 Å². The zero-order chi connectivity index (χ0) is 43.3. The molecule has 0 radical (unpaired) electrons. The largest absolute Gasteiger partial charge is 0.310 e. The lowest BCUT2D eigenvalue weighted by Crippen LogP contribution is -2.11. The van der Waals surface area contributed by atoms with Crippen LogP contribution < -0.4 is 4.90 Å². The summed E-state index contributed by atoms with van der Waals surface area (Å²) >= 11 is 0.